The van der Waals surface area contributed by atoms with Crippen molar-refractivity contribution < 1.29 is 37.9 Å². The Morgan fingerprint density at radius 2 is 2.06 bits per heavy atom. The lowest BCUT2D eigenvalue weighted by Crippen LogP contribution is -2.43. The van der Waals surface area contributed by atoms with Gasteiger partial charge in [-0.15, -0.1) is 0 Å². The van der Waals surface area contributed by atoms with Crippen molar-refractivity contribution in [2.45, 2.75) is 44.0 Å². The van der Waals surface area contributed by atoms with E-state index < -0.39 is 55.5 Å². The number of methoxy groups -OCH3 is 1. The summed E-state index contributed by atoms with van der Waals surface area (Å²) in [6.45, 7) is 2.09. The maximum Gasteiger partial charge on any atom is 0.395 e. The number of ether oxygens (including phenoxy) is 3. The van der Waals surface area contributed by atoms with E-state index in [1.807, 2.05) is 4.98 Å². The number of alkyl halides is 1. The van der Waals surface area contributed by atoms with Gasteiger partial charge in [0, 0.05) is 12.3 Å². The first-order chi connectivity index (χ1) is 16.0. The summed E-state index contributed by atoms with van der Waals surface area (Å²) in [7, 11) is -1.48. The van der Waals surface area contributed by atoms with Crippen molar-refractivity contribution in [3.8, 4) is 11.5 Å². The minimum absolute atomic E-state index is 0.0216. The highest BCUT2D eigenvalue weighted by molar-refractivity contribution is 7.34. The number of esters is 1. The molecule has 14 heteroatoms. The van der Waals surface area contributed by atoms with Gasteiger partial charge in [0.05, 0.1) is 7.11 Å². The minimum Gasteiger partial charge on any atom is -0.575 e. The van der Waals surface area contributed by atoms with Crippen LogP contribution in [-0.4, -0.2) is 58.3 Å². The van der Waals surface area contributed by atoms with Crippen LogP contribution >= 0.6 is 8.17 Å². The largest absolute Gasteiger partial charge is 0.575 e. The molecular formula is C20H23FN3O9P. The second-order valence-corrected chi connectivity index (χ2v) is 8.43. The van der Waals surface area contributed by atoms with Gasteiger partial charge >= 0.3 is 19.8 Å². The lowest BCUT2D eigenvalue weighted by molar-refractivity contribution is -0.169. The summed E-state index contributed by atoms with van der Waals surface area (Å²) in [5, 5.41) is 10.5. The second-order valence-electron chi connectivity index (χ2n) is 7.54. The zero-order valence-corrected chi connectivity index (χ0v) is 19.3. The monoisotopic (exact) mass is 499 g/mol. The number of hydrogen-bond acceptors (Lipinski definition) is 10. The number of para-hydroxylation sites is 2. The van der Waals surface area contributed by atoms with E-state index in [1.54, 1.807) is 12.1 Å². The standard InChI is InChI=1S/C20H23FN3O9P/c1-11(17(27)30-3)23-34(29)33-13-7-5-4-6-12(13)31-10-14-16(26)20(2,21)18(32-14)24-9-8-15(25)22-19(24)28/h4-9,11,14,16,18,26H,10H2,1-3H3,(H,22,25,28)/t11-,14+,16+,18+,20+/m0/s1. The molecule has 1 aliphatic rings. The molecule has 0 aliphatic carbocycles. The third-order valence-corrected chi connectivity index (χ3v) is 5.95. The van der Waals surface area contributed by atoms with E-state index in [9.17, 15) is 24.4 Å². The Kier molecular flexibility index (Phi) is 7.82. The molecule has 1 saturated heterocycles. The molecule has 3 rings (SSSR count). The van der Waals surface area contributed by atoms with Gasteiger partial charge in [-0.1, -0.05) is 16.9 Å². The molecule has 0 radical (unpaired) electrons. The predicted octanol–water partition coefficient (Wildman–Crippen LogP) is 0.398. The van der Waals surface area contributed by atoms with Gasteiger partial charge in [-0.05, 0) is 26.0 Å². The van der Waals surface area contributed by atoms with E-state index >= 15 is 4.39 Å². The average molecular weight is 499 g/mol. The van der Waals surface area contributed by atoms with Gasteiger partial charge < -0.3 is 24.2 Å². The Bertz CT molecular complexity index is 1180. The summed E-state index contributed by atoms with van der Waals surface area (Å²) >= 11 is 0. The number of aromatic nitrogens is 2. The van der Waals surface area contributed by atoms with Crippen LogP contribution in [0.5, 0.6) is 11.5 Å². The average Bonchev–Trinajstić information content (AvgIpc) is 3.01. The van der Waals surface area contributed by atoms with Gasteiger partial charge in [0.1, 0.15) is 18.8 Å². The number of hydrogen-bond donors (Lipinski definition) is 2. The number of H-pyrrole nitrogens is 1. The van der Waals surface area contributed by atoms with Gasteiger partial charge in [-0.25, -0.2) is 14.0 Å². The van der Waals surface area contributed by atoms with Crippen molar-refractivity contribution in [2.24, 2.45) is 4.74 Å². The van der Waals surface area contributed by atoms with E-state index in [0.717, 1.165) is 23.8 Å². The third-order valence-electron chi connectivity index (χ3n) is 5.06. The summed E-state index contributed by atoms with van der Waals surface area (Å²) in [6, 6.07) is 6.10. The summed E-state index contributed by atoms with van der Waals surface area (Å²) in [5.74, 6) is -0.574. The van der Waals surface area contributed by atoms with Crippen molar-refractivity contribution in [3.05, 3.63) is 57.4 Å². The van der Waals surface area contributed by atoms with Gasteiger partial charge in [-0.2, -0.15) is 0 Å². The van der Waals surface area contributed by atoms with Crippen LogP contribution < -0.4 is 25.4 Å². The third kappa shape index (κ3) is 5.50. The molecule has 184 valence electrons. The number of aliphatic hydroxyl groups excluding tert-OH is 1. The molecule has 1 aromatic carbocycles. The predicted molar refractivity (Wildman–Crippen MR) is 114 cm³/mol. The molecule has 0 saturated carbocycles. The summed E-state index contributed by atoms with van der Waals surface area (Å²) in [4.78, 5) is 49.0. The second kappa shape index (κ2) is 10.4. The highest BCUT2D eigenvalue weighted by Gasteiger charge is 2.55. The van der Waals surface area contributed by atoms with E-state index in [2.05, 4.69) is 9.48 Å². The van der Waals surface area contributed by atoms with Gasteiger partial charge in [0.2, 0.25) is 5.75 Å². The Morgan fingerprint density at radius 3 is 2.71 bits per heavy atom. The number of aromatic amines is 1. The zero-order chi connectivity index (χ0) is 25.0. The van der Waals surface area contributed by atoms with Crippen LogP contribution in [0, 0.1) is 0 Å². The number of rotatable bonds is 8. The fourth-order valence-corrected chi connectivity index (χ4v) is 3.99. The Hall–Kier alpha value is -3.12. The maximum atomic E-state index is 15.3. The maximum absolute atomic E-state index is 15.3. The molecule has 0 spiro atoms. The van der Waals surface area contributed by atoms with Gasteiger partial charge in [0.15, 0.2) is 23.7 Å². The molecule has 2 heterocycles. The van der Waals surface area contributed by atoms with Crippen molar-refractivity contribution >= 4 is 14.1 Å². The fourth-order valence-electron chi connectivity index (χ4n) is 3.25. The van der Waals surface area contributed by atoms with Crippen molar-refractivity contribution in [1.82, 2.24) is 9.55 Å². The highest BCUT2D eigenvalue weighted by atomic mass is 31.1. The molecule has 34 heavy (non-hydrogen) atoms. The van der Waals surface area contributed by atoms with Crippen LogP contribution in [0.1, 0.15) is 20.1 Å². The van der Waals surface area contributed by atoms with Crippen LogP contribution in [0.4, 0.5) is 4.39 Å². The molecule has 1 aromatic heterocycles. The number of halogens is 1. The Labute approximate surface area is 193 Å². The first-order valence-electron chi connectivity index (χ1n) is 10.0. The smallest absolute Gasteiger partial charge is 0.395 e. The molecule has 1 aliphatic heterocycles. The van der Waals surface area contributed by atoms with Crippen molar-refractivity contribution in [1.29, 1.82) is 0 Å². The summed E-state index contributed by atoms with van der Waals surface area (Å²) in [6.07, 6.45) is -3.35. The minimum atomic E-state index is -2.65. The fraction of sp³-hybridized carbons (Fsp3) is 0.450. The normalized spacial score (nSPS) is 25.6. The lowest BCUT2D eigenvalue weighted by atomic mass is 9.98. The van der Waals surface area contributed by atoms with E-state index in [1.165, 1.54) is 26.2 Å². The van der Waals surface area contributed by atoms with Crippen LogP contribution in [0.3, 0.4) is 0 Å². The summed E-state index contributed by atoms with van der Waals surface area (Å²) in [5.41, 5.74) is -3.95. The SMILES string of the molecule is COC(=O)[C@H](C)N=[P+]([O-])Oc1ccccc1OC[C@H]1O[C@@H](n2ccc(=O)[nH]c2=O)[C@](C)(F)[C@@H]1O. The number of carbonyl (C=O) groups excluding carboxylic acids is 1. The molecule has 2 aromatic rings. The van der Waals surface area contributed by atoms with E-state index in [4.69, 9.17) is 14.0 Å². The molecule has 2 N–H and O–H groups in total. The van der Waals surface area contributed by atoms with Crippen LogP contribution in [0.15, 0.2) is 50.9 Å². The molecule has 0 bridgehead atoms. The molecule has 6 atom stereocenters. The van der Waals surface area contributed by atoms with Gasteiger partial charge in [0.25, 0.3) is 5.56 Å². The van der Waals surface area contributed by atoms with Crippen molar-refractivity contribution in [2.75, 3.05) is 13.7 Å². The lowest BCUT2D eigenvalue weighted by Gasteiger charge is -2.24. The molecule has 1 fully saturated rings. The Balaban J connectivity index is 1.73. The number of benzene rings is 1. The molecule has 12 nitrogen and oxygen atoms in total. The Morgan fingerprint density at radius 1 is 1.38 bits per heavy atom. The van der Waals surface area contributed by atoms with Gasteiger partial charge in [-0.3, -0.25) is 18.9 Å². The first kappa shape index (κ1) is 25.5. The number of nitrogens with one attached hydrogen (secondary N) is 1. The van der Waals surface area contributed by atoms with Crippen LogP contribution in [-0.2, 0) is 14.3 Å². The number of carbonyl (C=O) groups is 1. The molecular weight excluding hydrogens is 476 g/mol. The topological polar surface area (TPSA) is 164 Å². The summed E-state index contributed by atoms with van der Waals surface area (Å²) < 4.78 is 40.7. The quantitative estimate of drug-likeness (QED) is 0.386. The van der Waals surface area contributed by atoms with Crippen molar-refractivity contribution in [3.63, 3.8) is 0 Å². The number of nitrogens with zero attached hydrogens (tertiary/aromatic N) is 2. The van der Waals surface area contributed by atoms with E-state index in [-0.39, 0.29) is 18.1 Å². The first-order valence-corrected chi connectivity index (χ1v) is 11.2. The van der Waals surface area contributed by atoms with E-state index in [0.29, 0.717) is 0 Å². The highest BCUT2D eigenvalue weighted by Crippen LogP contribution is 2.41. The zero-order valence-electron chi connectivity index (χ0n) is 18.4. The molecule has 1 unspecified atom stereocenters. The molecule has 0 amide bonds. The van der Waals surface area contributed by atoms with Crippen LogP contribution in [0.2, 0.25) is 0 Å². The van der Waals surface area contributed by atoms with Crippen LogP contribution in [0.25, 0.3) is 0 Å². The number of aliphatic hydroxyl groups is 1.